The highest BCUT2D eigenvalue weighted by molar-refractivity contribution is 5.80. The van der Waals surface area contributed by atoms with Crippen LogP contribution in [0.25, 0.3) is 0 Å². The van der Waals surface area contributed by atoms with Crippen LogP contribution >= 0.6 is 0 Å². The molecule has 5 heteroatoms. The highest BCUT2D eigenvalue weighted by Gasteiger charge is 2.38. The van der Waals surface area contributed by atoms with Gasteiger partial charge in [-0.2, -0.15) is 0 Å². The van der Waals surface area contributed by atoms with E-state index in [9.17, 15) is 9.59 Å². The molecule has 2 rings (SSSR count). The van der Waals surface area contributed by atoms with E-state index < -0.39 is 5.60 Å². The number of likely N-dealkylation sites (tertiary alicyclic amines) is 2. The second kappa shape index (κ2) is 5.35. The van der Waals surface area contributed by atoms with Crippen LogP contribution in [0.1, 0.15) is 33.6 Å². The van der Waals surface area contributed by atoms with Crippen LogP contribution in [-0.2, 0) is 9.53 Å². The third-order valence-electron chi connectivity index (χ3n) is 3.65. The molecule has 2 saturated heterocycles. The van der Waals surface area contributed by atoms with Gasteiger partial charge in [-0.1, -0.05) is 0 Å². The molecule has 0 bridgehead atoms. The first kappa shape index (κ1) is 14.7. The van der Waals surface area contributed by atoms with E-state index in [1.807, 2.05) is 25.7 Å². The number of nitrogens with zero attached hydrogens (tertiary/aromatic N) is 2. The van der Waals surface area contributed by atoms with E-state index in [2.05, 4.69) is 5.92 Å². The van der Waals surface area contributed by atoms with Crippen molar-refractivity contribution in [2.45, 2.75) is 45.3 Å². The molecule has 0 aliphatic carbocycles. The molecule has 1 unspecified atom stereocenters. The van der Waals surface area contributed by atoms with Crippen LogP contribution in [0, 0.1) is 18.3 Å². The molecule has 0 N–H and O–H groups in total. The Morgan fingerprint density at radius 1 is 1.40 bits per heavy atom. The summed E-state index contributed by atoms with van der Waals surface area (Å²) < 4.78 is 5.35. The summed E-state index contributed by atoms with van der Waals surface area (Å²) in [6.07, 6.45) is 6.31. The second-order valence-electron chi connectivity index (χ2n) is 6.48. The number of carbonyl (C=O) groups is 2. The Hall–Kier alpha value is -1.70. The maximum absolute atomic E-state index is 12.0. The predicted octanol–water partition coefficient (Wildman–Crippen LogP) is 1.48. The molecule has 5 nitrogen and oxygen atoms in total. The van der Waals surface area contributed by atoms with Gasteiger partial charge in [-0.15, -0.1) is 12.3 Å². The van der Waals surface area contributed by atoms with E-state index in [1.54, 1.807) is 4.90 Å². The summed E-state index contributed by atoms with van der Waals surface area (Å²) in [7, 11) is 0. The van der Waals surface area contributed by atoms with Gasteiger partial charge in [0.2, 0.25) is 5.91 Å². The fraction of sp³-hybridized carbons (Fsp3) is 0.733. The Labute approximate surface area is 120 Å². The highest BCUT2D eigenvalue weighted by Crippen LogP contribution is 2.25. The van der Waals surface area contributed by atoms with Crippen LogP contribution in [0.2, 0.25) is 0 Å². The first-order chi connectivity index (χ1) is 9.30. The van der Waals surface area contributed by atoms with Gasteiger partial charge >= 0.3 is 6.09 Å². The van der Waals surface area contributed by atoms with Crippen LogP contribution < -0.4 is 0 Å². The lowest BCUT2D eigenvalue weighted by atomic mass is 10.1. The van der Waals surface area contributed by atoms with Crippen molar-refractivity contribution in [3.8, 4) is 12.3 Å². The summed E-state index contributed by atoms with van der Waals surface area (Å²) in [4.78, 5) is 27.4. The van der Waals surface area contributed by atoms with Crippen molar-refractivity contribution in [1.29, 1.82) is 0 Å². The summed E-state index contributed by atoms with van der Waals surface area (Å²) in [5, 5.41) is 0. The van der Waals surface area contributed by atoms with E-state index in [1.165, 1.54) is 0 Å². The minimum Gasteiger partial charge on any atom is -0.444 e. The molecule has 0 radical (unpaired) electrons. The average molecular weight is 278 g/mol. The zero-order valence-corrected chi connectivity index (χ0v) is 12.4. The molecule has 2 aliphatic heterocycles. The van der Waals surface area contributed by atoms with Crippen molar-refractivity contribution in [3.05, 3.63) is 0 Å². The van der Waals surface area contributed by atoms with Gasteiger partial charge in [0, 0.05) is 32.0 Å². The standard InChI is InChI=1S/C15H22N2O3/c1-5-11-8-13(18)17(9-11)12-6-7-16(10-12)14(19)20-15(2,3)4/h1,11-12H,6-10H2,2-4H3/t11?,12-/m1/s1. The maximum atomic E-state index is 12.0. The molecule has 0 spiro atoms. The summed E-state index contributed by atoms with van der Waals surface area (Å²) in [6, 6.07) is 0.0772. The first-order valence-corrected chi connectivity index (χ1v) is 7.03. The van der Waals surface area contributed by atoms with Crippen molar-refractivity contribution >= 4 is 12.0 Å². The second-order valence-corrected chi connectivity index (χ2v) is 6.48. The Bertz CT molecular complexity index is 447. The fourth-order valence-electron chi connectivity index (χ4n) is 2.68. The van der Waals surface area contributed by atoms with E-state index in [4.69, 9.17) is 11.2 Å². The zero-order chi connectivity index (χ0) is 14.9. The summed E-state index contributed by atoms with van der Waals surface area (Å²) in [6.45, 7) is 7.32. The minimum absolute atomic E-state index is 0.0121. The molecule has 2 amide bonds. The number of ether oxygens (including phenoxy) is 1. The molecular formula is C15H22N2O3. The van der Waals surface area contributed by atoms with Crippen molar-refractivity contribution < 1.29 is 14.3 Å². The number of amides is 2. The molecule has 0 saturated carbocycles. The van der Waals surface area contributed by atoms with Crippen molar-refractivity contribution in [2.75, 3.05) is 19.6 Å². The molecule has 20 heavy (non-hydrogen) atoms. The van der Waals surface area contributed by atoms with Gasteiger partial charge in [-0.05, 0) is 27.2 Å². The summed E-state index contributed by atoms with van der Waals surface area (Å²) in [5.41, 5.74) is -0.493. The summed E-state index contributed by atoms with van der Waals surface area (Å²) >= 11 is 0. The van der Waals surface area contributed by atoms with E-state index >= 15 is 0 Å². The molecule has 0 aromatic rings. The lowest BCUT2D eigenvalue weighted by molar-refractivity contribution is -0.129. The molecule has 0 aromatic carbocycles. The average Bonchev–Trinajstić information content (AvgIpc) is 2.92. The summed E-state index contributed by atoms with van der Waals surface area (Å²) in [5.74, 6) is 2.76. The Kier molecular flexibility index (Phi) is 3.94. The Morgan fingerprint density at radius 3 is 2.65 bits per heavy atom. The van der Waals surface area contributed by atoms with Gasteiger partial charge in [-0.3, -0.25) is 4.79 Å². The predicted molar refractivity (Wildman–Crippen MR) is 74.9 cm³/mol. The van der Waals surface area contributed by atoms with Crippen LogP contribution in [0.15, 0.2) is 0 Å². The molecule has 2 fully saturated rings. The highest BCUT2D eigenvalue weighted by atomic mass is 16.6. The van der Waals surface area contributed by atoms with Crippen molar-refractivity contribution in [1.82, 2.24) is 9.80 Å². The Balaban J connectivity index is 1.91. The number of hydrogen-bond donors (Lipinski definition) is 0. The quantitative estimate of drug-likeness (QED) is 0.683. The van der Waals surface area contributed by atoms with Gasteiger partial charge in [0.05, 0.1) is 6.04 Å². The topological polar surface area (TPSA) is 49.9 Å². The van der Waals surface area contributed by atoms with Gasteiger partial charge in [-0.25, -0.2) is 4.79 Å². The first-order valence-electron chi connectivity index (χ1n) is 7.03. The largest absolute Gasteiger partial charge is 0.444 e. The van der Waals surface area contributed by atoms with Crippen molar-refractivity contribution in [2.24, 2.45) is 5.92 Å². The van der Waals surface area contributed by atoms with E-state index in [0.29, 0.717) is 26.1 Å². The third-order valence-corrected chi connectivity index (χ3v) is 3.65. The normalized spacial score (nSPS) is 26.8. The smallest absolute Gasteiger partial charge is 0.410 e. The zero-order valence-electron chi connectivity index (χ0n) is 12.4. The van der Waals surface area contributed by atoms with Crippen LogP contribution in [0.3, 0.4) is 0 Å². The maximum Gasteiger partial charge on any atom is 0.410 e. The van der Waals surface area contributed by atoms with Gasteiger partial charge in [0.1, 0.15) is 5.60 Å². The lowest BCUT2D eigenvalue weighted by Crippen LogP contribution is -2.41. The number of terminal acetylenes is 1. The number of hydrogen-bond acceptors (Lipinski definition) is 3. The molecule has 2 heterocycles. The molecule has 2 aliphatic rings. The SMILES string of the molecule is C#CC1CC(=O)N([C@@H]2CCN(C(=O)OC(C)(C)C)C2)C1. The number of rotatable bonds is 1. The monoisotopic (exact) mass is 278 g/mol. The molecular weight excluding hydrogens is 256 g/mol. The molecule has 0 aromatic heterocycles. The van der Waals surface area contributed by atoms with Crippen LogP contribution in [-0.4, -0.2) is 53.1 Å². The van der Waals surface area contributed by atoms with Gasteiger partial charge in [0.25, 0.3) is 0 Å². The van der Waals surface area contributed by atoms with E-state index in [-0.39, 0.29) is 24.0 Å². The Morgan fingerprint density at radius 2 is 2.10 bits per heavy atom. The minimum atomic E-state index is -0.493. The van der Waals surface area contributed by atoms with Gasteiger partial charge < -0.3 is 14.5 Å². The van der Waals surface area contributed by atoms with E-state index in [0.717, 1.165) is 6.42 Å². The van der Waals surface area contributed by atoms with Crippen molar-refractivity contribution in [3.63, 3.8) is 0 Å². The fourth-order valence-corrected chi connectivity index (χ4v) is 2.68. The van der Waals surface area contributed by atoms with Gasteiger partial charge in [0.15, 0.2) is 0 Å². The van der Waals surface area contributed by atoms with Crippen LogP contribution in [0.4, 0.5) is 4.79 Å². The molecule has 110 valence electrons. The van der Waals surface area contributed by atoms with Crippen LogP contribution in [0.5, 0.6) is 0 Å². The molecule has 2 atom stereocenters. The lowest BCUT2D eigenvalue weighted by Gasteiger charge is -2.26. The number of carbonyl (C=O) groups excluding carboxylic acids is 2. The third kappa shape index (κ3) is 3.24.